The van der Waals surface area contributed by atoms with Gasteiger partial charge in [-0.1, -0.05) is 48.2 Å². The Kier molecular flexibility index (Phi) is 5.36. The highest BCUT2D eigenvalue weighted by molar-refractivity contribution is 7.99. The van der Waals surface area contributed by atoms with Crippen LogP contribution in [0.5, 0.6) is 0 Å². The quantitative estimate of drug-likeness (QED) is 0.373. The molecule has 4 aromatic rings. The number of aryl methyl sites for hydroxylation is 2. The number of rotatable bonds is 4. The first kappa shape index (κ1) is 20.3. The van der Waals surface area contributed by atoms with Gasteiger partial charge >= 0.3 is 0 Å². The molecule has 0 aliphatic carbocycles. The van der Waals surface area contributed by atoms with Crippen LogP contribution < -0.4 is 10.7 Å². The van der Waals surface area contributed by atoms with Crippen molar-refractivity contribution in [1.82, 2.24) is 14.9 Å². The van der Waals surface area contributed by atoms with Gasteiger partial charge in [0.2, 0.25) is 11.1 Å². The van der Waals surface area contributed by atoms with Gasteiger partial charge in [-0.3, -0.25) is 9.69 Å². The summed E-state index contributed by atoms with van der Waals surface area (Å²) in [6.07, 6.45) is 1.75. The van der Waals surface area contributed by atoms with Crippen LogP contribution in [0.1, 0.15) is 11.1 Å². The van der Waals surface area contributed by atoms with E-state index in [0.717, 1.165) is 35.3 Å². The summed E-state index contributed by atoms with van der Waals surface area (Å²) in [4.78, 5) is 15.2. The number of nitrogens with zero attached hydrogens (tertiary/aromatic N) is 4. The zero-order valence-electron chi connectivity index (χ0n) is 17.1. The van der Waals surface area contributed by atoms with Crippen LogP contribution in [0.4, 0.5) is 15.8 Å². The van der Waals surface area contributed by atoms with E-state index in [2.05, 4.69) is 22.3 Å². The number of hydrogen-bond acceptors (Lipinski definition) is 5. The Labute approximate surface area is 188 Å². The van der Waals surface area contributed by atoms with Crippen LogP contribution >= 0.6 is 11.8 Å². The third-order valence-corrected chi connectivity index (χ3v) is 6.40. The molecule has 2 heterocycles. The van der Waals surface area contributed by atoms with Gasteiger partial charge in [0.05, 0.1) is 17.1 Å². The van der Waals surface area contributed by atoms with Crippen molar-refractivity contribution in [2.24, 2.45) is 0 Å². The number of thioether (sulfide) groups is 1. The number of halogens is 1. The van der Waals surface area contributed by atoms with Crippen molar-refractivity contribution in [2.75, 3.05) is 16.5 Å². The fraction of sp³-hybridized carbons (Fsp3) is 0.125. The van der Waals surface area contributed by atoms with E-state index in [9.17, 15) is 9.18 Å². The van der Waals surface area contributed by atoms with Gasteiger partial charge in [-0.2, -0.15) is 0 Å². The predicted octanol–water partition coefficient (Wildman–Crippen LogP) is 4.35. The molecule has 1 aliphatic rings. The Bertz CT molecular complexity index is 1240. The number of carbonyl (C=O) groups excluding carboxylic acids is 1. The molecule has 0 bridgehead atoms. The van der Waals surface area contributed by atoms with Gasteiger partial charge < -0.3 is 5.84 Å². The summed E-state index contributed by atoms with van der Waals surface area (Å²) >= 11 is 1.22. The van der Waals surface area contributed by atoms with Crippen molar-refractivity contribution in [3.05, 3.63) is 89.7 Å². The maximum Gasteiger partial charge on any atom is 0.242 e. The van der Waals surface area contributed by atoms with E-state index in [1.807, 2.05) is 36.4 Å². The highest BCUT2D eigenvalue weighted by atomic mass is 32.2. The molecule has 0 spiro atoms. The summed E-state index contributed by atoms with van der Waals surface area (Å²) in [5.41, 5.74) is 4.74. The van der Waals surface area contributed by atoms with Crippen LogP contribution in [0.25, 0.3) is 11.4 Å². The Morgan fingerprint density at radius 3 is 2.12 bits per heavy atom. The molecule has 0 fully saturated rings. The normalized spacial score (nSPS) is 12.7. The van der Waals surface area contributed by atoms with Gasteiger partial charge in [0, 0.05) is 5.56 Å². The van der Waals surface area contributed by atoms with Gasteiger partial charge in [0.25, 0.3) is 0 Å². The average Bonchev–Trinajstić information content (AvgIpc) is 3.09. The number of nitrogen functional groups attached to an aromatic ring is 1. The van der Waals surface area contributed by atoms with Crippen molar-refractivity contribution in [1.29, 1.82) is 0 Å². The van der Waals surface area contributed by atoms with Crippen LogP contribution in [-0.4, -0.2) is 26.5 Å². The SMILES string of the molecule is Nn1c(SCC(=O)N2c3ccccc3CCc3ccccc32)nnc1-c1ccc(F)cc1. The van der Waals surface area contributed by atoms with E-state index >= 15 is 0 Å². The van der Waals surface area contributed by atoms with E-state index in [1.165, 1.54) is 28.6 Å². The zero-order chi connectivity index (χ0) is 22.1. The standard InChI is InChI=1S/C24H20FN5OS/c25-19-13-11-18(12-14-19)23-27-28-24(30(23)26)32-15-22(31)29-20-7-3-1-5-16(20)9-10-17-6-2-4-8-21(17)29/h1-8,11-14H,9-10,15,26H2. The van der Waals surface area contributed by atoms with E-state index in [-0.39, 0.29) is 17.5 Å². The second-order valence-electron chi connectivity index (χ2n) is 7.46. The topological polar surface area (TPSA) is 77.0 Å². The molecule has 8 heteroatoms. The molecule has 0 saturated heterocycles. The fourth-order valence-corrected chi connectivity index (χ4v) is 4.62. The lowest BCUT2D eigenvalue weighted by Gasteiger charge is -2.24. The largest absolute Gasteiger partial charge is 0.335 e. The number of fused-ring (bicyclic) bond motifs is 2. The summed E-state index contributed by atoms with van der Waals surface area (Å²) in [7, 11) is 0. The Morgan fingerprint density at radius 1 is 0.906 bits per heavy atom. The minimum absolute atomic E-state index is 0.0665. The van der Waals surface area contributed by atoms with Gasteiger partial charge in [0.1, 0.15) is 5.82 Å². The van der Waals surface area contributed by atoms with Gasteiger partial charge in [-0.05, 0) is 60.4 Å². The molecule has 3 aromatic carbocycles. The van der Waals surface area contributed by atoms with Crippen LogP contribution in [0.3, 0.4) is 0 Å². The molecule has 2 N–H and O–H groups in total. The summed E-state index contributed by atoms with van der Waals surface area (Å²) in [5, 5.41) is 8.65. The van der Waals surface area contributed by atoms with E-state index in [1.54, 1.807) is 17.0 Å². The van der Waals surface area contributed by atoms with E-state index < -0.39 is 0 Å². The predicted molar refractivity (Wildman–Crippen MR) is 124 cm³/mol. The minimum atomic E-state index is -0.338. The summed E-state index contributed by atoms with van der Waals surface area (Å²) in [6, 6.07) is 21.9. The molecule has 1 aliphatic heterocycles. The molecule has 1 aromatic heterocycles. The van der Waals surface area contributed by atoms with Crippen LogP contribution in [-0.2, 0) is 17.6 Å². The first-order chi connectivity index (χ1) is 15.6. The highest BCUT2D eigenvalue weighted by Gasteiger charge is 2.26. The third kappa shape index (κ3) is 3.73. The highest BCUT2D eigenvalue weighted by Crippen LogP contribution is 2.36. The smallest absolute Gasteiger partial charge is 0.242 e. The monoisotopic (exact) mass is 445 g/mol. The van der Waals surface area contributed by atoms with E-state index in [0.29, 0.717) is 16.5 Å². The van der Waals surface area contributed by atoms with Crippen molar-refractivity contribution >= 4 is 29.0 Å². The number of carbonyl (C=O) groups is 1. The van der Waals surface area contributed by atoms with Gasteiger partial charge in [-0.25, -0.2) is 9.07 Å². The lowest BCUT2D eigenvalue weighted by Crippen LogP contribution is -2.28. The first-order valence-corrected chi connectivity index (χ1v) is 11.2. The second-order valence-corrected chi connectivity index (χ2v) is 8.40. The lowest BCUT2D eigenvalue weighted by atomic mass is 10.0. The van der Waals surface area contributed by atoms with Crippen LogP contribution in [0, 0.1) is 5.82 Å². The van der Waals surface area contributed by atoms with Crippen molar-refractivity contribution in [2.45, 2.75) is 18.0 Å². The maximum atomic E-state index is 13.4. The number of anilines is 2. The molecule has 1 amide bonds. The summed E-state index contributed by atoms with van der Waals surface area (Å²) in [5.74, 6) is 6.31. The Morgan fingerprint density at radius 2 is 1.50 bits per heavy atom. The molecule has 0 unspecified atom stereocenters. The molecule has 160 valence electrons. The number of para-hydroxylation sites is 2. The van der Waals surface area contributed by atoms with Crippen LogP contribution in [0.2, 0.25) is 0 Å². The average molecular weight is 446 g/mol. The van der Waals surface area contributed by atoms with Crippen LogP contribution in [0.15, 0.2) is 78.0 Å². The minimum Gasteiger partial charge on any atom is -0.335 e. The molecule has 5 rings (SSSR count). The van der Waals surface area contributed by atoms with E-state index in [4.69, 9.17) is 5.84 Å². The number of hydrogen-bond donors (Lipinski definition) is 1. The molecule has 0 radical (unpaired) electrons. The fourth-order valence-electron chi connectivity index (χ4n) is 3.91. The van der Waals surface area contributed by atoms with Crippen molar-refractivity contribution in [3.8, 4) is 11.4 Å². The summed E-state index contributed by atoms with van der Waals surface area (Å²) in [6.45, 7) is 0. The number of amides is 1. The Balaban J connectivity index is 1.41. The third-order valence-electron chi connectivity index (χ3n) is 5.47. The molecular formula is C24H20FN5OS. The van der Waals surface area contributed by atoms with Gasteiger partial charge in [-0.15, -0.1) is 10.2 Å². The molecular weight excluding hydrogens is 425 g/mol. The van der Waals surface area contributed by atoms with Crippen molar-refractivity contribution < 1.29 is 9.18 Å². The zero-order valence-corrected chi connectivity index (χ0v) is 17.9. The molecule has 32 heavy (non-hydrogen) atoms. The number of benzene rings is 3. The number of nitrogens with two attached hydrogens (primary N) is 1. The molecule has 6 nitrogen and oxygen atoms in total. The lowest BCUT2D eigenvalue weighted by molar-refractivity contribution is -0.115. The first-order valence-electron chi connectivity index (χ1n) is 10.2. The van der Waals surface area contributed by atoms with Gasteiger partial charge in [0.15, 0.2) is 5.82 Å². The second kappa shape index (κ2) is 8.47. The number of aromatic nitrogens is 3. The van der Waals surface area contributed by atoms with Crippen molar-refractivity contribution in [3.63, 3.8) is 0 Å². The molecule has 0 saturated carbocycles. The summed E-state index contributed by atoms with van der Waals surface area (Å²) < 4.78 is 14.5. The maximum absolute atomic E-state index is 13.4. The Hall–Kier alpha value is -3.65. The molecule has 0 atom stereocenters.